The molecule has 0 atom stereocenters. The van der Waals surface area contributed by atoms with Gasteiger partial charge in [-0.1, -0.05) is 85.5 Å². The summed E-state index contributed by atoms with van der Waals surface area (Å²) in [5.41, 5.74) is 7.54. The molecule has 0 aliphatic carbocycles. The molecule has 0 radical (unpaired) electrons. The van der Waals surface area contributed by atoms with Crippen LogP contribution in [0.1, 0.15) is 6.92 Å². The van der Waals surface area contributed by atoms with Gasteiger partial charge in [0.25, 0.3) is 0 Å². The van der Waals surface area contributed by atoms with Gasteiger partial charge in [0.2, 0.25) is 0 Å². The Morgan fingerprint density at radius 2 is 1.41 bits per heavy atom. The van der Waals surface area contributed by atoms with Crippen molar-refractivity contribution < 1.29 is 4.42 Å². The monoisotopic (exact) mass is 581 g/mol. The van der Waals surface area contributed by atoms with Crippen molar-refractivity contribution in [2.24, 2.45) is 0 Å². The SMILES string of the molecule is C=C/C=c1/cc2c(c/c1=C/C)c1ccccc1n2-c1cc(-c2ccc3sc4ccccc4c3c2)c2c(c1)oc1ccccc12. The summed E-state index contributed by atoms with van der Waals surface area (Å²) in [4.78, 5) is 0. The minimum atomic E-state index is 0.885. The average molecular weight is 582 g/mol. The van der Waals surface area contributed by atoms with E-state index in [9.17, 15) is 0 Å². The van der Waals surface area contributed by atoms with Gasteiger partial charge in [0, 0.05) is 47.8 Å². The summed E-state index contributed by atoms with van der Waals surface area (Å²) in [5, 5.41) is 9.68. The third kappa shape index (κ3) is 3.60. The summed E-state index contributed by atoms with van der Waals surface area (Å²) < 4.78 is 11.6. The molecule has 0 amide bonds. The van der Waals surface area contributed by atoms with Crippen molar-refractivity contribution in [3.05, 3.63) is 138 Å². The van der Waals surface area contributed by atoms with Gasteiger partial charge in [-0.25, -0.2) is 0 Å². The minimum absolute atomic E-state index is 0.885. The van der Waals surface area contributed by atoms with Gasteiger partial charge >= 0.3 is 0 Å². The maximum Gasteiger partial charge on any atom is 0.138 e. The van der Waals surface area contributed by atoms with Crippen molar-refractivity contribution in [3.63, 3.8) is 0 Å². The lowest BCUT2D eigenvalue weighted by Gasteiger charge is -2.12. The molecule has 0 spiro atoms. The van der Waals surface area contributed by atoms with Gasteiger partial charge in [-0.15, -0.1) is 11.3 Å². The molecule has 208 valence electrons. The molecule has 44 heavy (non-hydrogen) atoms. The number of hydrogen-bond acceptors (Lipinski definition) is 2. The van der Waals surface area contributed by atoms with Gasteiger partial charge in [-0.3, -0.25) is 0 Å². The van der Waals surface area contributed by atoms with E-state index in [2.05, 4.69) is 139 Å². The fourth-order valence-electron chi connectivity index (χ4n) is 6.94. The van der Waals surface area contributed by atoms with Crippen LogP contribution >= 0.6 is 11.3 Å². The molecule has 9 aromatic rings. The number of thiophene rings is 1. The summed E-state index contributed by atoms with van der Waals surface area (Å²) in [5.74, 6) is 0. The van der Waals surface area contributed by atoms with Crippen LogP contribution in [0.4, 0.5) is 0 Å². The van der Waals surface area contributed by atoms with E-state index in [-0.39, 0.29) is 0 Å². The Morgan fingerprint density at radius 1 is 0.636 bits per heavy atom. The number of allylic oxidation sites excluding steroid dienone is 1. The Kier molecular flexibility index (Phi) is 5.47. The number of benzene rings is 6. The highest BCUT2D eigenvalue weighted by atomic mass is 32.1. The molecule has 0 aliphatic rings. The van der Waals surface area contributed by atoms with E-state index in [1.165, 1.54) is 52.8 Å². The molecule has 0 fully saturated rings. The highest BCUT2D eigenvalue weighted by molar-refractivity contribution is 7.25. The smallest absolute Gasteiger partial charge is 0.138 e. The number of nitrogens with zero attached hydrogens (tertiary/aromatic N) is 1. The van der Waals surface area contributed by atoms with Crippen molar-refractivity contribution in [1.29, 1.82) is 0 Å². The summed E-state index contributed by atoms with van der Waals surface area (Å²) in [7, 11) is 0. The van der Waals surface area contributed by atoms with E-state index in [1.807, 2.05) is 23.5 Å². The lowest BCUT2D eigenvalue weighted by molar-refractivity contribution is 0.668. The van der Waals surface area contributed by atoms with Crippen LogP contribution < -0.4 is 10.4 Å². The Labute approximate surface area is 257 Å². The highest BCUT2D eigenvalue weighted by Gasteiger charge is 2.19. The Morgan fingerprint density at radius 3 is 2.27 bits per heavy atom. The van der Waals surface area contributed by atoms with Crippen LogP contribution in [0.15, 0.2) is 132 Å². The van der Waals surface area contributed by atoms with E-state index in [1.54, 1.807) is 0 Å². The van der Waals surface area contributed by atoms with Crippen LogP contribution in [0.3, 0.4) is 0 Å². The van der Waals surface area contributed by atoms with E-state index in [0.29, 0.717) is 0 Å². The van der Waals surface area contributed by atoms with Crippen LogP contribution in [0.2, 0.25) is 0 Å². The van der Waals surface area contributed by atoms with Gasteiger partial charge in [0.15, 0.2) is 0 Å². The number of aromatic nitrogens is 1. The second-order valence-electron chi connectivity index (χ2n) is 11.3. The molecule has 0 N–H and O–H groups in total. The molecule has 3 heteroatoms. The number of para-hydroxylation sites is 2. The van der Waals surface area contributed by atoms with Gasteiger partial charge < -0.3 is 8.98 Å². The lowest BCUT2D eigenvalue weighted by atomic mass is 9.97. The van der Waals surface area contributed by atoms with Crippen molar-refractivity contribution in [1.82, 2.24) is 4.57 Å². The third-order valence-corrected chi connectivity index (χ3v) is 10.0. The first-order valence-corrected chi connectivity index (χ1v) is 15.7. The fraction of sp³-hybridized carbons (Fsp3) is 0.0244. The molecular weight excluding hydrogens is 555 g/mol. The second kappa shape index (κ2) is 9.57. The molecular formula is C41H27NOS. The van der Waals surface area contributed by atoms with Crippen LogP contribution in [0, 0.1) is 0 Å². The largest absolute Gasteiger partial charge is 0.456 e. The molecule has 3 heterocycles. The van der Waals surface area contributed by atoms with E-state index in [4.69, 9.17) is 4.42 Å². The summed E-state index contributed by atoms with van der Waals surface area (Å²) >= 11 is 1.85. The molecule has 2 nitrogen and oxygen atoms in total. The van der Waals surface area contributed by atoms with Crippen molar-refractivity contribution in [2.75, 3.05) is 0 Å². The Balaban J connectivity index is 1.42. The van der Waals surface area contributed by atoms with Crippen LogP contribution in [0.5, 0.6) is 0 Å². The first-order valence-electron chi connectivity index (χ1n) is 14.9. The van der Waals surface area contributed by atoms with Crippen LogP contribution in [-0.2, 0) is 0 Å². The Bertz CT molecular complexity index is 2750. The summed E-state index contributed by atoms with van der Waals surface area (Å²) in [6.45, 7) is 6.08. The molecule has 0 bridgehead atoms. The second-order valence-corrected chi connectivity index (χ2v) is 12.4. The number of rotatable bonds is 3. The Hall–Kier alpha value is -5.38. The minimum Gasteiger partial charge on any atom is -0.456 e. The molecule has 0 saturated heterocycles. The molecule has 3 aromatic heterocycles. The molecule has 0 saturated carbocycles. The molecule has 0 aliphatic heterocycles. The first-order chi connectivity index (χ1) is 21.7. The van der Waals surface area contributed by atoms with Crippen molar-refractivity contribution in [2.45, 2.75) is 6.92 Å². The zero-order valence-electron chi connectivity index (χ0n) is 24.2. The van der Waals surface area contributed by atoms with Gasteiger partial charge in [0.05, 0.1) is 16.7 Å². The maximum absolute atomic E-state index is 6.58. The normalized spacial score (nSPS) is 13.0. The predicted octanol–water partition coefficient (Wildman–Crippen LogP) is 10.5. The fourth-order valence-corrected chi connectivity index (χ4v) is 8.02. The van der Waals surface area contributed by atoms with E-state index < -0.39 is 0 Å². The molecule has 0 unspecified atom stereocenters. The maximum atomic E-state index is 6.58. The quantitative estimate of drug-likeness (QED) is 0.203. The van der Waals surface area contributed by atoms with E-state index >= 15 is 0 Å². The number of furan rings is 1. The number of fused-ring (bicyclic) bond motifs is 9. The van der Waals surface area contributed by atoms with Gasteiger partial charge in [-0.2, -0.15) is 0 Å². The van der Waals surface area contributed by atoms with Gasteiger partial charge in [0.1, 0.15) is 11.2 Å². The number of hydrogen-bond donors (Lipinski definition) is 0. The highest BCUT2D eigenvalue weighted by Crippen LogP contribution is 2.42. The van der Waals surface area contributed by atoms with Crippen molar-refractivity contribution >= 4 is 87.4 Å². The first kappa shape index (κ1) is 25.1. The van der Waals surface area contributed by atoms with Crippen molar-refractivity contribution in [3.8, 4) is 16.8 Å². The van der Waals surface area contributed by atoms with Crippen LogP contribution in [0.25, 0.3) is 92.9 Å². The standard InChI is InChI=1S/C41H27NOS/c1-3-11-26-22-36-33(20-25(26)4-2)29-12-5-8-15-35(29)42(36)28-23-32(41-31-14-6-9-16-37(31)43-38(41)24-28)27-18-19-40-34(21-27)30-13-7-10-17-39(30)44-40/h3-24H,1H2,2H3/b25-4-,26-11-. The zero-order valence-corrected chi connectivity index (χ0v) is 25.0. The third-order valence-electron chi connectivity index (χ3n) is 8.89. The predicted molar refractivity (Wildman–Crippen MR) is 190 cm³/mol. The average Bonchev–Trinajstić information content (AvgIpc) is 3.73. The zero-order chi connectivity index (χ0) is 29.4. The lowest BCUT2D eigenvalue weighted by Crippen LogP contribution is -2.23. The summed E-state index contributed by atoms with van der Waals surface area (Å²) in [6.07, 6.45) is 6.12. The van der Waals surface area contributed by atoms with Crippen LogP contribution in [-0.4, -0.2) is 4.57 Å². The molecule has 9 rings (SSSR count). The summed E-state index contributed by atoms with van der Waals surface area (Å²) in [6, 6.07) is 41.8. The molecule has 6 aromatic carbocycles. The van der Waals surface area contributed by atoms with E-state index in [0.717, 1.165) is 38.4 Å². The topological polar surface area (TPSA) is 18.1 Å². The van der Waals surface area contributed by atoms with Gasteiger partial charge in [-0.05, 0) is 77.0 Å².